The van der Waals surface area contributed by atoms with Crippen LogP contribution in [-0.4, -0.2) is 28.2 Å². The van der Waals surface area contributed by atoms with Gasteiger partial charge < -0.3 is 15.8 Å². The zero-order valence-electron chi connectivity index (χ0n) is 11.0. The first-order chi connectivity index (χ1) is 8.78. The number of nitrogens with two attached hydrogens (primary N) is 1. The molecule has 0 aromatic carbocycles. The van der Waals surface area contributed by atoms with Crippen molar-refractivity contribution in [1.29, 1.82) is 0 Å². The second-order valence-electron chi connectivity index (χ2n) is 4.60. The number of aromatic nitrogens is 2. The zero-order valence-corrected chi connectivity index (χ0v) is 11.7. The molecule has 0 bridgehead atoms. The first-order valence-corrected chi connectivity index (χ1v) is 5.89. The topological polar surface area (TPSA) is 90.1 Å². The maximum absolute atomic E-state index is 11.3. The molecule has 1 rings (SSSR count). The summed E-state index contributed by atoms with van der Waals surface area (Å²) in [4.78, 5) is 18.8. The fraction of sp³-hybridized carbons (Fsp3) is 0.417. The lowest BCUT2D eigenvalue weighted by Gasteiger charge is -2.18. The van der Waals surface area contributed by atoms with Crippen molar-refractivity contribution in [3.8, 4) is 11.8 Å². The van der Waals surface area contributed by atoms with Gasteiger partial charge in [-0.2, -0.15) is 4.98 Å². The molecular weight excluding hydrogens is 268 g/mol. The van der Waals surface area contributed by atoms with Gasteiger partial charge in [0.2, 0.25) is 5.28 Å². The molecule has 6 nitrogen and oxygen atoms in total. The molecule has 0 aliphatic rings. The Bertz CT molecular complexity index is 529. The Balaban J connectivity index is 2.50. The summed E-state index contributed by atoms with van der Waals surface area (Å²) >= 11 is 5.56. The lowest BCUT2D eigenvalue weighted by molar-refractivity contribution is 0.0535. The highest BCUT2D eigenvalue weighted by atomic mass is 35.5. The summed E-state index contributed by atoms with van der Waals surface area (Å²) in [6.45, 7) is 5.48. The molecule has 0 unspecified atom stereocenters. The van der Waals surface area contributed by atoms with Crippen molar-refractivity contribution >= 4 is 23.5 Å². The third kappa shape index (κ3) is 5.93. The monoisotopic (exact) mass is 282 g/mol. The van der Waals surface area contributed by atoms with Gasteiger partial charge in [0, 0.05) is 6.20 Å². The van der Waals surface area contributed by atoms with Crippen molar-refractivity contribution in [2.45, 2.75) is 26.4 Å². The van der Waals surface area contributed by atoms with Crippen LogP contribution in [0.2, 0.25) is 5.28 Å². The van der Waals surface area contributed by atoms with Crippen molar-refractivity contribution in [3.05, 3.63) is 17.0 Å². The SMILES string of the molecule is CC(C)(C)OC(=O)NCC#Cc1cnc(Cl)nc1N. The molecule has 0 spiro atoms. The van der Waals surface area contributed by atoms with Crippen molar-refractivity contribution in [1.82, 2.24) is 15.3 Å². The average molecular weight is 283 g/mol. The minimum absolute atomic E-state index is 0.0647. The molecule has 3 N–H and O–H groups in total. The van der Waals surface area contributed by atoms with E-state index in [-0.39, 0.29) is 17.6 Å². The summed E-state index contributed by atoms with van der Waals surface area (Å²) < 4.78 is 5.04. The summed E-state index contributed by atoms with van der Waals surface area (Å²) in [6, 6.07) is 0. The molecule has 0 saturated carbocycles. The van der Waals surface area contributed by atoms with E-state index in [1.807, 2.05) is 0 Å². The number of nitrogens with one attached hydrogen (secondary N) is 1. The molecule has 0 atom stereocenters. The van der Waals surface area contributed by atoms with Crippen molar-refractivity contribution in [3.63, 3.8) is 0 Å². The van der Waals surface area contributed by atoms with Gasteiger partial charge in [-0.05, 0) is 32.4 Å². The standard InChI is InChI=1S/C12H15ClN4O2/c1-12(2,3)19-11(18)15-6-4-5-8-7-16-10(13)17-9(8)14/h7H,6H2,1-3H3,(H,15,18)(H2,14,16,17). The molecule has 19 heavy (non-hydrogen) atoms. The van der Waals surface area contributed by atoms with Gasteiger partial charge in [-0.25, -0.2) is 9.78 Å². The Labute approximate surface area is 116 Å². The summed E-state index contributed by atoms with van der Waals surface area (Å²) in [7, 11) is 0. The number of nitrogens with zero attached hydrogens (tertiary/aromatic N) is 2. The van der Waals surface area contributed by atoms with E-state index < -0.39 is 11.7 Å². The molecule has 0 saturated heterocycles. The van der Waals surface area contributed by atoms with E-state index in [1.54, 1.807) is 20.8 Å². The highest BCUT2D eigenvalue weighted by Gasteiger charge is 2.14. The predicted octanol–water partition coefficient (Wildman–Crippen LogP) is 1.59. The second-order valence-corrected chi connectivity index (χ2v) is 4.93. The zero-order chi connectivity index (χ0) is 14.5. The third-order valence-corrected chi connectivity index (χ3v) is 1.91. The summed E-state index contributed by atoms with van der Waals surface area (Å²) in [5.74, 6) is 5.64. The number of anilines is 1. The number of rotatable bonds is 1. The Hall–Kier alpha value is -2.00. The van der Waals surface area contributed by atoms with Crippen LogP contribution in [0.3, 0.4) is 0 Å². The van der Waals surface area contributed by atoms with Crippen LogP contribution in [0.5, 0.6) is 0 Å². The van der Waals surface area contributed by atoms with Gasteiger partial charge in [-0.15, -0.1) is 0 Å². The van der Waals surface area contributed by atoms with E-state index in [0.717, 1.165) is 0 Å². The second kappa shape index (κ2) is 6.25. The Morgan fingerprint density at radius 1 is 1.58 bits per heavy atom. The van der Waals surface area contributed by atoms with Crippen molar-refractivity contribution in [2.75, 3.05) is 12.3 Å². The van der Waals surface area contributed by atoms with Crippen LogP contribution >= 0.6 is 11.6 Å². The van der Waals surface area contributed by atoms with Crippen LogP contribution in [0.15, 0.2) is 6.20 Å². The molecule has 1 aromatic rings. The molecule has 7 heteroatoms. The van der Waals surface area contributed by atoms with Crippen LogP contribution in [0.1, 0.15) is 26.3 Å². The van der Waals surface area contributed by atoms with E-state index in [2.05, 4.69) is 27.1 Å². The molecule has 0 aliphatic carbocycles. The van der Waals surface area contributed by atoms with E-state index in [4.69, 9.17) is 22.1 Å². The van der Waals surface area contributed by atoms with Crippen LogP contribution in [-0.2, 0) is 4.74 Å². The molecule has 0 radical (unpaired) electrons. The maximum Gasteiger partial charge on any atom is 0.408 e. The van der Waals surface area contributed by atoms with Crippen LogP contribution in [0.4, 0.5) is 10.6 Å². The lowest BCUT2D eigenvalue weighted by atomic mass is 10.2. The number of hydrogen-bond acceptors (Lipinski definition) is 5. The minimum atomic E-state index is -0.536. The van der Waals surface area contributed by atoms with E-state index in [9.17, 15) is 4.79 Å². The number of carbonyl (C=O) groups is 1. The highest BCUT2D eigenvalue weighted by Crippen LogP contribution is 2.08. The molecular formula is C12H15ClN4O2. The summed E-state index contributed by atoms with van der Waals surface area (Å²) in [6.07, 6.45) is 0.896. The number of nitrogen functional groups attached to an aromatic ring is 1. The number of amides is 1. The molecule has 0 aliphatic heterocycles. The Morgan fingerprint density at radius 2 is 2.26 bits per heavy atom. The first-order valence-electron chi connectivity index (χ1n) is 5.51. The van der Waals surface area contributed by atoms with Crippen LogP contribution in [0, 0.1) is 11.8 Å². The fourth-order valence-corrected chi connectivity index (χ4v) is 1.18. The van der Waals surface area contributed by atoms with Gasteiger partial charge in [-0.1, -0.05) is 11.8 Å². The normalized spacial score (nSPS) is 10.3. The van der Waals surface area contributed by atoms with Gasteiger partial charge in [0.05, 0.1) is 12.1 Å². The number of halogens is 1. The van der Waals surface area contributed by atoms with E-state index in [0.29, 0.717) is 5.56 Å². The smallest absolute Gasteiger partial charge is 0.408 e. The van der Waals surface area contributed by atoms with Crippen LogP contribution < -0.4 is 11.1 Å². The number of alkyl carbamates (subject to hydrolysis) is 1. The van der Waals surface area contributed by atoms with Crippen molar-refractivity contribution < 1.29 is 9.53 Å². The van der Waals surface area contributed by atoms with Gasteiger partial charge in [0.15, 0.2) is 0 Å². The molecule has 1 amide bonds. The van der Waals surface area contributed by atoms with Gasteiger partial charge in [-0.3, -0.25) is 0 Å². The minimum Gasteiger partial charge on any atom is -0.444 e. The average Bonchev–Trinajstić information content (AvgIpc) is 2.24. The Morgan fingerprint density at radius 3 is 2.84 bits per heavy atom. The number of hydrogen-bond donors (Lipinski definition) is 2. The van der Waals surface area contributed by atoms with Gasteiger partial charge >= 0.3 is 6.09 Å². The highest BCUT2D eigenvalue weighted by molar-refractivity contribution is 6.28. The first kappa shape index (κ1) is 15.1. The number of carbonyl (C=O) groups excluding carboxylic acids is 1. The Kier molecular flexibility index (Phi) is 4.95. The van der Waals surface area contributed by atoms with E-state index in [1.165, 1.54) is 6.20 Å². The molecule has 1 heterocycles. The van der Waals surface area contributed by atoms with E-state index >= 15 is 0 Å². The number of ether oxygens (including phenoxy) is 1. The quantitative estimate of drug-likeness (QED) is 0.603. The molecule has 102 valence electrons. The van der Waals surface area contributed by atoms with Crippen LogP contribution in [0.25, 0.3) is 0 Å². The predicted molar refractivity (Wildman–Crippen MR) is 72.6 cm³/mol. The lowest BCUT2D eigenvalue weighted by Crippen LogP contribution is -2.32. The van der Waals surface area contributed by atoms with Gasteiger partial charge in [0.25, 0.3) is 0 Å². The summed E-state index contributed by atoms with van der Waals surface area (Å²) in [5.41, 5.74) is 5.51. The summed E-state index contributed by atoms with van der Waals surface area (Å²) in [5, 5.41) is 2.56. The largest absolute Gasteiger partial charge is 0.444 e. The third-order valence-electron chi connectivity index (χ3n) is 1.73. The molecule has 1 aromatic heterocycles. The van der Waals surface area contributed by atoms with Crippen molar-refractivity contribution in [2.24, 2.45) is 0 Å². The maximum atomic E-state index is 11.3. The molecule has 0 fully saturated rings. The van der Waals surface area contributed by atoms with Gasteiger partial charge in [0.1, 0.15) is 11.4 Å². The fourth-order valence-electron chi connectivity index (χ4n) is 1.04.